The molecule has 0 saturated heterocycles. The predicted octanol–water partition coefficient (Wildman–Crippen LogP) is 38.5. The Bertz CT molecular complexity index is 8690. The number of hydrogen-bond acceptors (Lipinski definition) is 6. The summed E-state index contributed by atoms with van der Waals surface area (Å²) in [6.07, 6.45) is 0. The summed E-state index contributed by atoms with van der Waals surface area (Å²) in [4.78, 5) is 7.00. The van der Waals surface area contributed by atoms with Crippen LogP contribution in [0.25, 0.3) is 177 Å². The molecule has 0 aliphatic heterocycles. The fraction of sp³-hybridized carbons (Fsp3) is 0.0222. The number of rotatable bonds is 18. The van der Waals surface area contributed by atoms with Crippen molar-refractivity contribution in [3.8, 4) is 111 Å². The number of nitrogens with zero attached hydrogens (tertiary/aromatic N) is 3. The quantitative estimate of drug-likeness (QED) is 0.0853. The number of para-hydroxylation sites is 5. The van der Waals surface area contributed by atoms with Crippen LogP contribution in [0.1, 0.15) is 25.0 Å². The molecule has 0 spiro atoms. The highest BCUT2D eigenvalue weighted by atomic mass is 16.3. The average Bonchev–Trinajstić information content (AvgIpc) is 1.55. The lowest BCUT2D eigenvalue weighted by Crippen LogP contribution is -2.16. The van der Waals surface area contributed by atoms with E-state index in [9.17, 15) is 0 Å². The van der Waals surface area contributed by atoms with Crippen molar-refractivity contribution in [2.75, 3.05) is 14.7 Å². The summed E-state index contributed by atoms with van der Waals surface area (Å²) in [6, 6.07) is 192. The van der Waals surface area contributed by atoms with E-state index >= 15 is 0 Å². The Kier molecular flexibility index (Phi) is 22.7. The zero-order valence-electron chi connectivity index (χ0n) is 78.0. The minimum atomic E-state index is -0.110. The summed E-state index contributed by atoms with van der Waals surface area (Å²) in [5, 5.41) is 6.62. The third-order valence-electron chi connectivity index (χ3n) is 27.6. The van der Waals surface area contributed by atoms with E-state index in [-0.39, 0.29) is 5.41 Å². The van der Waals surface area contributed by atoms with Gasteiger partial charge in [-0.2, -0.15) is 0 Å². The molecule has 0 N–H and O–H groups in total. The fourth-order valence-electron chi connectivity index (χ4n) is 20.5. The molecule has 1 aliphatic carbocycles. The third-order valence-corrected chi connectivity index (χ3v) is 27.6. The minimum Gasteiger partial charge on any atom is -0.454 e. The van der Waals surface area contributed by atoms with Gasteiger partial charge in [0, 0.05) is 71.9 Å². The Hall–Kier alpha value is -18.4. The molecule has 668 valence electrons. The molecule has 25 aromatic rings. The molecule has 0 bridgehead atoms. The van der Waals surface area contributed by atoms with Gasteiger partial charge in [0.15, 0.2) is 16.7 Å². The third kappa shape index (κ3) is 16.7. The SMILES string of the molecule is CC1(C)c2ccccc2-c2ccc(N(c3ccccc3)c3cc(-c4ccc(-c5ccccc5)cc4)cc4c3oc3ccccc34)cc21.c1ccc(-c2ccc(-c3cc(N(c4ccc(-c5ccccc5)cc4)c4ccc(-c5ccccc5)cc4)c4oc5ccccc5c4c3)cc2)cc1.c1ccc(-c2ccc(-c3cc(N(c4ccccc4)c4ccc(-c5ccccc5)cc4)c4oc5ccccc5c4c3)cc2)cc1. The molecule has 0 unspecified atom stereocenters. The summed E-state index contributed by atoms with van der Waals surface area (Å²) in [6.45, 7) is 4.68. The Morgan fingerprint density at radius 3 is 0.645 bits per heavy atom. The first-order valence-corrected chi connectivity index (χ1v) is 48.2. The highest BCUT2D eigenvalue weighted by Gasteiger charge is 2.37. The second-order valence-electron chi connectivity index (χ2n) is 36.6. The van der Waals surface area contributed by atoms with E-state index in [0.717, 1.165) is 150 Å². The standard InChI is InChI=1S/C48H33NO.C45H33NO.C42H29NO/c1-4-12-34(13-5-1)37-20-22-40(23-21-37)41-32-45-44-18-10-11-19-47(44)50-48(45)46(33-41)49(42-28-24-38(25-29-42)35-14-6-2-7-15-35)43-30-26-39(27-31-43)36-16-8-3-9-17-36;1-45(2)40-19-11-9-17-36(40)37-26-25-35(29-41(37)45)46(34-15-7-4-8-16-34)42-28-33(27-39-38-18-10-12-20-43(38)47-44(39)42)32-23-21-31(22-24-32)30-13-5-3-6-14-30;1-4-12-30(13-5-1)32-20-22-34(23-21-32)35-28-39-38-18-10-11-19-41(38)44-42(39)40(29-35)43(36-16-8-3-9-17-36)37-26-24-33(25-27-37)31-14-6-2-7-15-31/h1-33H;3-29H,1-2H3;1-29H. The summed E-state index contributed by atoms with van der Waals surface area (Å²) >= 11 is 0. The van der Waals surface area contributed by atoms with E-state index in [0.29, 0.717) is 0 Å². The molecule has 0 fully saturated rings. The first-order valence-electron chi connectivity index (χ1n) is 48.2. The van der Waals surface area contributed by atoms with Crippen LogP contribution in [0.4, 0.5) is 51.2 Å². The van der Waals surface area contributed by atoms with Crippen molar-refractivity contribution in [2.45, 2.75) is 19.3 Å². The van der Waals surface area contributed by atoms with Gasteiger partial charge in [0.25, 0.3) is 0 Å². The molecule has 3 heterocycles. The molecule has 0 radical (unpaired) electrons. The molecule has 0 atom stereocenters. The molecule has 6 nitrogen and oxygen atoms in total. The maximum absolute atomic E-state index is 6.72. The molecule has 26 rings (SSSR count). The molecular formula is C135H95N3O3. The van der Waals surface area contributed by atoms with E-state index in [4.69, 9.17) is 13.3 Å². The van der Waals surface area contributed by atoms with Crippen molar-refractivity contribution in [1.82, 2.24) is 0 Å². The van der Waals surface area contributed by atoms with Crippen LogP contribution in [-0.4, -0.2) is 0 Å². The van der Waals surface area contributed by atoms with Crippen LogP contribution in [0, 0.1) is 0 Å². The van der Waals surface area contributed by atoms with E-state index in [1.807, 2.05) is 18.2 Å². The molecule has 0 saturated carbocycles. The molecule has 1 aliphatic rings. The summed E-state index contributed by atoms with van der Waals surface area (Å²) in [5.74, 6) is 0. The zero-order chi connectivity index (χ0) is 94.1. The maximum Gasteiger partial charge on any atom is 0.159 e. The first kappa shape index (κ1) is 85.6. The van der Waals surface area contributed by atoms with Gasteiger partial charge in [-0.15, -0.1) is 0 Å². The molecule has 141 heavy (non-hydrogen) atoms. The van der Waals surface area contributed by atoms with Crippen LogP contribution < -0.4 is 14.7 Å². The Balaban J connectivity index is 0.000000115. The van der Waals surface area contributed by atoms with E-state index in [1.54, 1.807) is 0 Å². The lowest BCUT2D eigenvalue weighted by molar-refractivity contribution is 0.660. The molecule has 22 aromatic carbocycles. The number of anilines is 9. The number of furan rings is 3. The van der Waals surface area contributed by atoms with Crippen molar-refractivity contribution in [1.29, 1.82) is 0 Å². The average molecular weight is 1810 g/mol. The smallest absolute Gasteiger partial charge is 0.159 e. The Morgan fingerprint density at radius 1 is 0.149 bits per heavy atom. The lowest BCUT2D eigenvalue weighted by atomic mass is 9.82. The Labute approximate surface area is 820 Å². The van der Waals surface area contributed by atoms with Crippen LogP contribution in [0.3, 0.4) is 0 Å². The summed E-state index contributed by atoms with van der Waals surface area (Å²) in [7, 11) is 0. The highest BCUT2D eigenvalue weighted by Crippen LogP contribution is 2.54. The number of benzene rings is 22. The van der Waals surface area contributed by atoms with E-state index in [2.05, 4.69) is 550 Å². The summed E-state index contributed by atoms with van der Waals surface area (Å²) < 4.78 is 20.1. The van der Waals surface area contributed by atoms with Crippen molar-refractivity contribution in [3.63, 3.8) is 0 Å². The van der Waals surface area contributed by atoms with Gasteiger partial charge < -0.3 is 28.0 Å². The van der Waals surface area contributed by atoms with Gasteiger partial charge in [-0.1, -0.05) is 426 Å². The van der Waals surface area contributed by atoms with E-state index in [1.165, 1.54) is 89.0 Å². The van der Waals surface area contributed by atoms with Crippen LogP contribution >= 0.6 is 0 Å². The second kappa shape index (κ2) is 37.4. The predicted molar refractivity (Wildman–Crippen MR) is 592 cm³/mol. The van der Waals surface area contributed by atoms with E-state index < -0.39 is 0 Å². The van der Waals surface area contributed by atoms with Crippen LogP contribution in [0.5, 0.6) is 0 Å². The second-order valence-corrected chi connectivity index (χ2v) is 36.6. The van der Waals surface area contributed by atoms with Gasteiger partial charge in [-0.05, 0) is 250 Å². The van der Waals surface area contributed by atoms with Gasteiger partial charge in [0.2, 0.25) is 0 Å². The molecule has 6 heteroatoms. The summed E-state index contributed by atoms with van der Waals surface area (Å²) in [5.41, 5.74) is 41.2. The first-order chi connectivity index (χ1) is 69.7. The Morgan fingerprint density at radius 2 is 0.355 bits per heavy atom. The normalized spacial score (nSPS) is 11.8. The van der Waals surface area contributed by atoms with Crippen LogP contribution in [0.15, 0.2) is 553 Å². The molecular weight excluding hydrogens is 1710 g/mol. The monoisotopic (exact) mass is 1810 g/mol. The maximum atomic E-state index is 6.72. The van der Waals surface area contributed by atoms with Gasteiger partial charge in [-0.25, -0.2) is 0 Å². The number of hydrogen-bond donors (Lipinski definition) is 0. The number of fused-ring (bicyclic) bond motifs is 12. The van der Waals surface area contributed by atoms with Gasteiger partial charge >= 0.3 is 0 Å². The van der Waals surface area contributed by atoms with Gasteiger partial charge in [-0.3, -0.25) is 0 Å². The largest absolute Gasteiger partial charge is 0.454 e. The molecule has 0 amide bonds. The highest BCUT2D eigenvalue weighted by molar-refractivity contribution is 6.15. The van der Waals surface area contributed by atoms with Gasteiger partial charge in [0.05, 0.1) is 17.1 Å². The van der Waals surface area contributed by atoms with Crippen LogP contribution in [0.2, 0.25) is 0 Å². The fourth-order valence-corrected chi connectivity index (χ4v) is 20.5. The van der Waals surface area contributed by atoms with Crippen LogP contribution in [-0.2, 0) is 5.41 Å². The van der Waals surface area contributed by atoms with Crippen molar-refractivity contribution < 1.29 is 13.3 Å². The lowest BCUT2D eigenvalue weighted by Gasteiger charge is -2.28. The van der Waals surface area contributed by atoms with Crippen molar-refractivity contribution in [2.24, 2.45) is 0 Å². The molecule has 3 aromatic heterocycles. The van der Waals surface area contributed by atoms with Crippen molar-refractivity contribution >= 4 is 117 Å². The topological polar surface area (TPSA) is 49.1 Å². The van der Waals surface area contributed by atoms with Gasteiger partial charge in [0.1, 0.15) is 16.7 Å². The van der Waals surface area contributed by atoms with Crippen molar-refractivity contribution in [3.05, 3.63) is 551 Å². The minimum absolute atomic E-state index is 0.110. The zero-order valence-corrected chi connectivity index (χ0v) is 78.0.